The van der Waals surface area contributed by atoms with Crippen LogP contribution in [0.4, 0.5) is 4.79 Å². The Morgan fingerprint density at radius 3 is 2.55 bits per heavy atom. The van der Waals surface area contributed by atoms with E-state index in [0.717, 1.165) is 22.2 Å². The van der Waals surface area contributed by atoms with Crippen molar-refractivity contribution in [3.05, 3.63) is 60.4 Å². The number of aromatic nitrogens is 2. The number of methoxy groups -OCH3 is 1. The molecule has 7 nitrogen and oxygen atoms in total. The van der Waals surface area contributed by atoms with Gasteiger partial charge in [0.25, 0.3) is 5.91 Å². The van der Waals surface area contributed by atoms with E-state index >= 15 is 0 Å². The molecule has 3 aromatic rings. The topological polar surface area (TPSA) is 84.4 Å². The SMILES string of the molecule is COC(=O)N1CCC(NC(=O)c2cc(-c3ccncc3)nc3ccccc23)CC1. The number of hydrogen-bond acceptors (Lipinski definition) is 5. The zero-order chi connectivity index (χ0) is 20.2. The standard InChI is InChI=1S/C22H22N4O3/c1-29-22(28)26-12-8-16(9-13-26)24-21(27)18-14-20(15-6-10-23-11-7-15)25-19-5-3-2-4-17(18)19/h2-7,10-11,14,16H,8-9,12-13H2,1H3,(H,24,27). The average molecular weight is 390 g/mol. The Morgan fingerprint density at radius 1 is 1.10 bits per heavy atom. The van der Waals surface area contributed by atoms with E-state index in [1.165, 1.54) is 7.11 Å². The maximum atomic E-state index is 13.1. The molecule has 0 unspecified atom stereocenters. The van der Waals surface area contributed by atoms with E-state index in [1.54, 1.807) is 17.3 Å². The first-order chi connectivity index (χ1) is 14.2. The number of hydrogen-bond donors (Lipinski definition) is 1. The second-order valence-corrected chi connectivity index (χ2v) is 7.01. The van der Waals surface area contributed by atoms with Crippen LogP contribution in [0.3, 0.4) is 0 Å². The number of carbonyl (C=O) groups is 2. The van der Waals surface area contributed by atoms with Crippen molar-refractivity contribution >= 4 is 22.9 Å². The highest BCUT2D eigenvalue weighted by atomic mass is 16.5. The van der Waals surface area contributed by atoms with Crippen molar-refractivity contribution in [3.63, 3.8) is 0 Å². The zero-order valence-electron chi connectivity index (χ0n) is 16.2. The lowest BCUT2D eigenvalue weighted by Gasteiger charge is -2.31. The summed E-state index contributed by atoms with van der Waals surface area (Å²) in [5.74, 6) is -0.129. The van der Waals surface area contributed by atoms with Gasteiger partial charge >= 0.3 is 6.09 Å². The van der Waals surface area contributed by atoms with Crippen molar-refractivity contribution in [2.24, 2.45) is 0 Å². The normalized spacial score (nSPS) is 14.6. The van der Waals surface area contributed by atoms with Crippen LogP contribution >= 0.6 is 0 Å². The number of benzene rings is 1. The molecule has 29 heavy (non-hydrogen) atoms. The summed E-state index contributed by atoms with van der Waals surface area (Å²) in [5, 5.41) is 3.94. The molecule has 2 amide bonds. The molecule has 2 aromatic heterocycles. The van der Waals surface area contributed by atoms with Crippen LogP contribution in [0, 0.1) is 0 Å². The predicted octanol–water partition coefficient (Wildman–Crippen LogP) is 3.26. The lowest BCUT2D eigenvalue weighted by atomic mass is 10.0. The molecule has 148 valence electrons. The summed E-state index contributed by atoms with van der Waals surface area (Å²) >= 11 is 0. The van der Waals surface area contributed by atoms with E-state index in [0.29, 0.717) is 31.5 Å². The molecule has 0 spiro atoms. The number of likely N-dealkylation sites (tertiary alicyclic amines) is 1. The Balaban J connectivity index is 1.58. The summed E-state index contributed by atoms with van der Waals surface area (Å²) in [7, 11) is 1.38. The largest absolute Gasteiger partial charge is 0.453 e. The van der Waals surface area contributed by atoms with Gasteiger partial charge < -0.3 is 15.0 Å². The second-order valence-electron chi connectivity index (χ2n) is 7.01. The average Bonchev–Trinajstić information content (AvgIpc) is 2.78. The molecule has 1 N–H and O–H groups in total. The number of carbonyl (C=O) groups excluding carboxylic acids is 2. The van der Waals surface area contributed by atoms with E-state index in [2.05, 4.69) is 10.3 Å². The molecule has 0 bridgehead atoms. The third-order valence-corrected chi connectivity index (χ3v) is 5.20. The molecule has 0 radical (unpaired) electrons. The van der Waals surface area contributed by atoms with Crippen LogP contribution in [0.2, 0.25) is 0 Å². The van der Waals surface area contributed by atoms with Crippen molar-refractivity contribution in [2.45, 2.75) is 18.9 Å². The van der Waals surface area contributed by atoms with Crippen LogP contribution in [0.25, 0.3) is 22.2 Å². The van der Waals surface area contributed by atoms with E-state index in [9.17, 15) is 9.59 Å². The van der Waals surface area contributed by atoms with E-state index in [-0.39, 0.29) is 18.0 Å². The summed E-state index contributed by atoms with van der Waals surface area (Å²) in [6.07, 6.45) is 4.49. The second kappa shape index (κ2) is 8.26. The van der Waals surface area contributed by atoms with E-state index in [1.807, 2.05) is 42.5 Å². The Morgan fingerprint density at radius 2 is 1.83 bits per heavy atom. The number of nitrogens with zero attached hydrogens (tertiary/aromatic N) is 3. The van der Waals surface area contributed by atoms with Crippen LogP contribution in [0.1, 0.15) is 23.2 Å². The molecule has 0 aliphatic carbocycles. The van der Waals surface area contributed by atoms with Crippen LogP contribution < -0.4 is 5.32 Å². The quantitative estimate of drug-likeness (QED) is 0.742. The highest BCUT2D eigenvalue weighted by Crippen LogP contribution is 2.25. The number of piperidine rings is 1. The fraction of sp³-hybridized carbons (Fsp3) is 0.273. The molecule has 1 fully saturated rings. The Hall–Kier alpha value is -3.48. The van der Waals surface area contributed by atoms with Crippen LogP contribution in [-0.4, -0.2) is 53.1 Å². The summed E-state index contributed by atoms with van der Waals surface area (Å²) in [6.45, 7) is 1.13. The van der Waals surface area contributed by atoms with Gasteiger partial charge in [0.15, 0.2) is 0 Å². The Kier molecular flexibility index (Phi) is 5.37. The van der Waals surface area contributed by atoms with Crippen molar-refractivity contribution in [1.82, 2.24) is 20.2 Å². The van der Waals surface area contributed by atoms with Gasteiger partial charge in [-0.25, -0.2) is 9.78 Å². The van der Waals surface area contributed by atoms with Gasteiger partial charge in [0.2, 0.25) is 0 Å². The van der Waals surface area contributed by atoms with Gasteiger partial charge in [-0.3, -0.25) is 9.78 Å². The van der Waals surface area contributed by atoms with Crippen molar-refractivity contribution in [3.8, 4) is 11.3 Å². The highest BCUT2D eigenvalue weighted by Gasteiger charge is 2.25. The number of para-hydroxylation sites is 1. The number of fused-ring (bicyclic) bond motifs is 1. The maximum Gasteiger partial charge on any atom is 0.409 e. The number of nitrogens with one attached hydrogen (secondary N) is 1. The molecule has 1 aliphatic rings. The number of rotatable bonds is 3. The minimum absolute atomic E-state index is 0.0136. The van der Waals surface area contributed by atoms with Gasteiger partial charge in [-0.1, -0.05) is 18.2 Å². The van der Waals surface area contributed by atoms with Gasteiger partial charge in [-0.2, -0.15) is 0 Å². The molecule has 4 rings (SSSR count). The third-order valence-electron chi connectivity index (χ3n) is 5.20. The maximum absolute atomic E-state index is 13.1. The fourth-order valence-corrected chi connectivity index (χ4v) is 3.63. The molecule has 0 atom stereocenters. The molecule has 1 aliphatic heterocycles. The molecule has 0 saturated carbocycles. The summed E-state index contributed by atoms with van der Waals surface area (Å²) in [4.78, 5) is 35.2. The molecule has 3 heterocycles. The smallest absolute Gasteiger partial charge is 0.409 e. The Bertz CT molecular complexity index is 1030. The summed E-state index contributed by atoms with van der Waals surface area (Å²) in [5.41, 5.74) is 3.01. The predicted molar refractivity (Wildman–Crippen MR) is 109 cm³/mol. The number of pyridine rings is 2. The summed E-state index contributed by atoms with van der Waals surface area (Å²) < 4.78 is 4.77. The van der Waals surface area contributed by atoms with E-state index in [4.69, 9.17) is 9.72 Å². The molecule has 1 saturated heterocycles. The van der Waals surface area contributed by atoms with Gasteiger partial charge in [-0.05, 0) is 37.1 Å². The molecule has 1 aromatic carbocycles. The monoisotopic (exact) mass is 390 g/mol. The fourth-order valence-electron chi connectivity index (χ4n) is 3.63. The zero-order valence-corrected chi connectivity index (χ0v) is 16.2. The van der Waals surface area contributed by atoms with Crippen LogP contribution in [-0.2, 0) is 4.74 Å². The first-order valence-electron chi connectivity index (χ1n) is 9.59. The van der Waals surface area contributed by atoms with Gasteiger partial charge in [0.1, 0.15) is 0 Å². The first-order valence-corrected chi connectivity index (χ1v) is 9.59. The third kappa shape index (κ3) is 4.03. The van der Waals surface area contributed by atoms with Crippen LogP contribution in [0.15, 0.2) is 54.9 Å². The van der Waals surface area contributed by atoms with Crippen molar-refractivity contribution < 1.29 is 14.3 Å². The van der Waals surface area contributed by atoms with Crippen LogP contribution in [0.5, 0.6) is 0 Å². The van der Waals surface area contributed by atoms with Gasteiger partial charge in [0, 0.05) is 42.5 Å². The lowest BCUT2D eigenvalue weighted by molar-refractivity contribution is 0.0893. The van der Waals surface area contributed by atoms with E-state index < -0.39 is 0 Å². The minimum atomic E-state index is -0.322. The number of amides is 2. The molecule has 7 heteroatoms. The van der Waals surface area contributed by atoms with Crippen molar-refractivity contribution in [1.29, 1.82) is 0 Å². The highest BCUT2D eigenvalue weighted by molar-refractivity contribution is 6.07. The van der Waals surface area contributed by atoms with Gasteiger partial charge in [-0.15, -0.1) is 0 Å². The molecular weight excluding hydrogens is 368 g/mol. The summed E-state index contributed by atoms with van der Waals surface area (Å²) in [6, 6.07) is 13.2. The minimum Gasteiger partial charge on any atom is -0.453 e. The van der Waals surface area contributed by atoms with Crippen molar-refractivity contribution in [2.75, 3.05) is 20.2 Å². The number of ether oxygens (including phenoxy) is 1. The Labute approximate surface area is 168 Å². The van der Waals surface area contributed by atoms with Gasteiger partial charge in [0.05, 0.1) is 23.9 Å². The first kappa shape index (κ1) is 18.9. The molecular formula is C22H22N4O3. The lowest BCUT2D eigenvalue weighted by Crippen LogP contribution is -2.46.